The zero-order valence-electron chi connectivity index (χ0n) is 37.4. The van der Waals surface area contributed by atoms with E-state index < -0.39 is 23.0 Å². The fourth-order valence-corrected chi connectivity index (χ4v) is 10.3. The topological polar surface area (TPSA) is 89.9 Å². The molecule has 8 aromatic rings. The van der Waals surface area contributed by atoms with E-state index >= 15 is 0 Å². The van der Waals surface area contributed by atoms with Crippen LogP contribution in [0, 0.1) is 0 Å². The highest BCUT2D eigenvalue weighted by molar-refractivity contribution is 5.87. The van der Waals surface area contributed by atoms with E-state index in [4.69, 9.17) is 23.7 Å². The molecule has 0 bridgehead atoms. The first-order chi connectivity index (χ1) is 33.0. The molecule has 1 aliphatic heterocycles. The number of benzene rings is 8. The fourth-order valence-electron chi connectivity index (χ4n) is 10.3. The van der Waals surface area contributed by atoms with Crippen molar-refractivity contribution in [1.29, 1.82) is 0 Å². The molecule has 7 heteroatoms. The first kappa shape index (κ1) is 42.5. The van der Waals surface area contributed by atoms with Gasteiger partial charge in [-0.2, -0.15) is 0 Å². The Labute approximate surface area is 391 Å². The Morgan fingerprint density at radius 2 is 0.701 bits per heavy atom. The number of aliphatic hydroxyl groups is 2. The van der Waals surface area contributed by atoms with E-state index in [-0.39, 0.29) is 25.9 Å². The first-order valence-electron chi connectivity index (χ1n) is 23.3. The molecule has 2 N–H and O–H groups in total. The highest BCUT2D eigenvalue weighted by atomic mass is 16.6. The summed E-state index contributed by atoms with van der Waals surface area (Å²) in [6.45, 7) is 3.63. The van der Waals surface area contributed by atoms with Crippen molar-refractivity contribution in [3.8, 4) is 45.3 Å². The van der Waals surface area contributed by atoms with Gasteiger partial charge in [-0.3, -0.25) is 0 Å². The predicted octanol–water partition coefficient (Wildman–Crippen LogP) is 11.2. The number of hydrogen-bond acceptors (Lipinski definition) is 7. The average Bonchev–Trinajstić information content (AvgIpc) is 4.12. The molecule has 8 aromatic carbocycles. The summed E-state index contributed by atoms with van der Waals surface area (Å²) in [4.78, 5) is 0. The van der Waals surface area contributed by atoms with E-state index in [0.717, 1.165) is 34.6 Å². The van der Waals surface area contributed by atoms with Gasteiger partial charge in [-0.05, 0) is 122 Å². The SMILES string of the molecule is CCC(O)COc1ccc(C2(c3ccc(OCC(O)COc4ccc(C5(c6ccc(OCC7CO7)cc6)c6ccccc6-c6ccccc65)cc4)cc3)c3ccccc3-c3ccccc32)cc1. The van der Waals surface area contributed by atoms with E-state index in [0.29, 0.717) is 30.3 Å². The molecule has 3 aliphatic rings. The first-order valence-corrected chi connectivity index (χ1v) is 23.3. The minimum atomic E-state index is -0.870. The van der Waals surface area contributed by atoms with E-state index in [1.54, 1.807) is 0 Å². The summed E-state index contributed by atoms with van der Waals surface area (Å²) in [6.07, 6.45) is -0.559. The maximum absolute atomic E-state index is 11.2. The Balaban J connectivity index is 0.806. The van der Waals surface area contributed by atoms with Gasteiger partial charge in [0, 0.05) is 0 Å². The largest absolute Gasteiger partial charge is 0.491 e. The van der Waals surface area contributed by atoms with Gasteiger partial charge >= 0.3 is 0 Å². The lowest BCUT2D eigenvalue weighted by molar-refractivity contribution is 0.0626. The van der Waals surface area contributed by atoms with Crippen LogP contribution in [0.2, 0.25) is 0 Å². The van der Waals surface area contributed by atoms with Crippen molar-refractivity contribution in [2.45, 2.75) is 42.5 Å². The predicted molar refractivity (Wildman–Crippen MR) is 262 cm³/mol. The molecule has 11 rings (SSSR count). The number of ether oxygens (including phenoxy) is 5. The zero-order chi connectivity index (χ0) is 45.4. The lowest BCUT2D eigenvalue weighted by atomic mass is 9.68. The van der Waals surface area contributed by atoms with Gasteiger partial charge in [-0.1, -0.05) is 153 Å². The van der Waals surface area contributed by atoms with Crippen LogP contribution in [0.5, 0.6) is 23.0 Å². The summed E-state index contributed by atoms with van der Waals surface area (Å²) in [6, 6.07) is 67.8. The number of hydrogen-bond donors (Lipinski definition) is 2. The van der Waals surface area contributed by atoms with Crippen molar-refractivity contribution in [2.24, 2.45) is 0 Å². The number of aliphatic hydroxyl groups excluding tert-OH is 2. The second kappa shape index (κ2) is 17.9. The van der Waals surface area contributed by atoms with Gasteiger partial charge < -0.3 is 33.9 Å². The minimum Gasteiger partial charge on any atom is -0.491 e. The summed E-state index contributed by atoms with van der Waals surface area (Å²) in [7, 11) is 0. The van der Waals surface area contributed by atoms with Gasteiger partial charge in [0.15, 0.2) is 0 Å². The lowest BCUT2D eigenvalue weighted by Crippen LogP contribution is -2.29. The smallest absolute Gasteiger partial charge is 0.122 e. The Hall–Kier alpha value is -7.16. The summed E-state index contributed by atoms with van der Waals surface area (Å²) in [5.41, 5.74) is 13.0. The van der Waals surface area contributed by atoms with Crippen molar-refractivity contribution in [2.75, 3.05) is 33.0 Å². The molecule has 1 saturated heterocycles. The van der Waals surface area contributed by atoms with Gasteiger partial charge in [-0.25, -0.2) is 0 Å². The van der Waals surface area contributed by atoms with Gasteiger partial charge in [0.05, 0.1) is 23.5 Å². The standard InChI is InChI=1S/C60H52O7/c1-2-44(61)35-63-46-27-19-40(20-28-46)59(55-15-7-3-11-51(55)52-12-4-8-16-56(52)59)41-21-29-47(30-22-41)64-36-45(62)37-65-48-31-23-42(24-32-48)60(43-25-33-49(34-26-43)66-38-50-39-67-50)57-17-9-5-13-53(57)54-14-6-10-18-58(54)60/h3-34,44-45,50,61-62H,2,35-39H2,1H3. The maximum Gasteiger partial charge on any atom is 0.122 e. The minimum absolute atomic E-state index is 0.0620. The Morgan fingerprint density at radius 3 is 1.00 bits per heavy atom. The fraction of sp³-hybridized carbons (Fsp3) is 0.200. The second-order valence-electron chi connectivity index (χ2n) is 17.7. The molecule has 0 saturated carbocycles. The van der Waals surface area contributed by atoms with Crippen LogP contribution in [0.1, 0.15) is 57.9 Å². The van der Waals surface area contributed by atoms with Crippen LogP contribution in [-0.2, 0) is 15.6 Å². The molecule has 0 radical (unpaired) electrons. The van der Waals surface area contributed by atoms with Crippen molar-refractivity contribution >= 4 is 0 Å². The van der Waals surface area contributed by atoms with Crippen LogP contribution < -0.4 is 18.9 Å². The third kappa shape index (κ3) is 7.63. The molecule has 0 spiro atoms. The number of epoxide rings is 1. The van der Waals surface area contributed by atoms with Crippen LogP contribution in [0.3, 0.4) is 0 Å². The number of fused-ring (bicyclic) bond motifs is 6. The highest BCUT2D eigenvalue weighted by Gasteiger charge is 2.47. The molecular weight excluding hydrogens is 833 g/mol. The van der Waals surface area contributed by atoms with Crippen molar-refractivity contribution in [3.05, 3.63) is 239 Å². The summed E-state index contributed by atoms with van der Waals surface area (Å²) in [5.74, 6) is 2.85. The Morgan fingerprint density at radius 1 is 0.418 bits per heavy atom. The Kier molecular flexibility index (Phi) is 11.4. The van der Waals surface area contributed by atoms with Gasteiger partial charge in [-0.15, -0.1) is 0 Å². The lowest BCUT2D eigenvalue weighted by Gasteiger charge is -2.34. The van der Waals surface area contributed by atoms with Crippen molar-refractivity contribution < 1.29 is 33.9 Å². The molecule has 3 atom stereocenters. The molecule has 0 aromatic heterocycles. The second-order valence-corrected chi connectivity index (χ2v) is 17.7. The Bertz CT molecular complexity index is 2900. The van der Waals surface area contributed by atoms with Crippen LogP contribution in [0.25, 0.3) is 22.3 Å². The van der Waals surface area contributed by atoms with Crippen LogP contribution >= 0.6 is 0 Å². The summed E-state index contributed by atoms with van der Waals surface area (Å²) in [5, 5.41) is 21.3. The van der Waals surface area contributed by atoms with E-state index in [1.807, 2.05) is 43.3 Å². The molecule has 2 aliphatic carbocycles. The van der Waals surface area contributed by atoms with E-state index in [9.17, 15) is 10.2 Å². The third-order valence-corrected chi connectivity index (χ3v) is 13.7. The van der Waals surface area contributed by atoms with E-state index in [1.165, 1.54) is 44.5 Å². The summed E-state index contributed by atoms with van der Waals surface area (Å²) >= 11 is 0. The van der Waals surface area contributed by atoms with Crippen molar-refractivity contribution in [1.82, 2.24) is 0 Å². The number of rotatable bonds is 17. The third-order valence-electron chi connectivity index (χ3n) is 13.7. The van der Waals surface area contributed by atoms with Gasteiger partial charge in [0.25, 0.3) is 0 Å². The molecule has 67 heavy (non-hydrogen) atoms. The quantitative estimate of drug-likeness (QED) is 0.0880. The maximum atomic E-state index is 11.2. The van der Waals surface area contributed by atoms with Gasteiger partial charge in [0.1, 0.15) is 61.6 Å². The molecule has 3 unspecified atom stereocenters. The van der Waals surface area contributed by atoms with Crippen LogP contribution in [0.15, 0.2) is 194 Å². The highest BCUT2D eigenvalue weighted by Crippen LogP contribution is 2.58. The molecule has 7 nitrogen and oxygen atoms in total. The zero-order valence-corrected chi connectivity index (χ0v) is 37.4. The summed E-state index contributed by atoms with van der Waals surface area (Å²) < 4.78 is 29.7. The van der Waals surface area contributed by atoms with Gasteiger partial charge in [0.2, 0.25) is 0 Å². The monoisotopic (exact) mass is 884 g/mol. The molecule has 1 heterocycles. The average molecular weight is 885 g/mol. The van der Waals surface area contributed by atoms with Crippen molar-refractivity contribution in [3.63, 3.8) is 0 Å². The van der Waals surface area contributed by atoms with Crippen LogP contribution in [0.4, 0.5) is 0 Å². The molecule has 0 amide bonds. The molecule has 1 fully saturated rings. The van der Waals surface area contributed by atoms with E-state index in [2.05, 4.69) is 158 Å². The normalized spacial score (nSPS) is 16.4. The molecular formula is C60H52O7. The molecule has 334 valence electrons. The van der Waals surface area contributed by atoms with Crippen LogP contribution in [-0.4, -0.2) is 61.6 Å².